The SMILES string of the molecule is COC(=O)c1ccccc1S(=O)(=O)CCCCCCC(=O)c1ccc(Cl)cc1. The minimum atomic E-state index is -3.58. The topological polar surface area (TPSA) is 77.5 Å². The minimum absolute atomic E-state index is 0.000217. The predicted octanol–water partition coefficient (Wildman–Crippen LogP) is 4.73. The van der Waals surface area contributed by atoms with Crippen LogP contribution in [0.4, 0.5) is 0 Å². The molecule has 7 heteroatoms. The van der Waals surface area contributed by atoms with Crippen LogP contribution in [0.5, 0.6) is 0 Å². The molecule has 0 spiro atoms. The van der Waals surface area contributed by atoms with Crippen LogP contribution in [0.15, 0.2) is 53.4 Å². The maximum atomic E-state index is 12.6. The van der Waals surface area contributed by atoms with Crippen LogP contribution in [0.1, 0.15) is 52.8 Å². The van der Waals surface area contributed by atoms with Crippen LogP contribution >= 0.6 is 11.6 Å². The molecule has 150 valence electrons. The van der Waals surface area contributed by atoms with E-state index >= 15 is 0 Å². The fourth-order valence-corrected chi connectivity index (χ4v) is 4.54. The second kappa shape index (κ2) is 10.4. The van der Waals surface area contributed by atoms with E-state index in [1.54, 1.807) is 36.4 Å². The van der Waals surface area contributed by atoms with Crippen molar-refractivity contribution in [3.05, 3.63) is 64.7 Å². The fraction of sp³-hybridized carbons (Fsp3) is 0.333. The highest BCUT2D eigenvalue weighted by Crippen LogP contribution is 2.20. The lowest BCUT2D eigenvalue weighted by atomic mass is 10.0. The third-order valence-corrected chi connectivity index (χ3v) is 6.46. The van der Waals surface area contributed by atoms with Crippen LogP contribution in [0.3, 0.4) is 0 Å². The van der Waals surface area contributed by atoms with Gasteiger partial charge in [0, 0.05) is 17.0 Å². The number of ketones is 1. The molecule has 0 N–H and O–H groups in total. The molecule has 2 aromatic rings. The third-order valence-electron chi connectivity index (χ3n) is 4.36. The number of ether oxygens (including phenoxy) is 1. The second-order valence-electron chi connectivity index (χ2n) is 6.40. The summed E-state index contributed by atoms with van der Waals surface area (Å²) >= 11 is 5.81. The molecule has 0 radical (unpaired) electrons. The van der Waals surface area contributed by atoms with Gasteiger partial charge in [-0.15, -0.1) is 0 Å². The Hall–Kier alpha value is -2.18. The first kappa shape index (κ1) is 22.1. The van der Waals surface area contributed by atoms with E-state index in [0.29, 0.717) is 36.3 Å². The Morgan fingerprint density at radius 3 is 2.25 bits per heavy atom. The minimum Gasteiger partial charge on any atom is -0.465 e. The normalized spacial score (nSPS) is 11.2. The van der Waals surface area contributed by atoms with E-state index in [2.05, 4.69) is 4.74 Å². The molecular weight excluding hydrogens is 400 g/mol. The van der Waals surface area contributed by atoms with Gasteiger partial charge in [-0.25, -0.2) is 13.2 Å². The number of carbonyl (C=O) groups excluding carboxylic acids is 2. The zero-order valence-electron chi connectivity index (χ0n) is 15.7. The monoisotopic (exact) mass is 422 g/mol. The summed E-state index contributed by atoms with van der Waals surface area (Å²) in [5, 5.41) is 0.589. The number of Topliss-reactive ketones (excluding diaryl/α,β-unsaturated/α-hetero) is 1. The molecule has 0 bridgehead atoms. The van der Waals surface area contributed by atoms with Crippen LogP contribution in [0.2, 0.25) is 5.02 Å². The lowest BCUT2D eigenvalue weighted by molar-refractivity contribution is 0.0596. The summed E-state index contributed by atoms with van der Waals surface area (Å²) in [6.45, 7) is 0. The number of hydrogen-bond donors (Lipinski definition) is 0. The molecule has 0 heterocycles. The number of benzene rings is 2. The van der Waals surface area contributed by atoms with Crippen molar-refractivity contribution >= 4 is 33.2 Å². The van der Waals surface area contributed by atoms with Crippen molar-refractivity contribution in [3.8, 4) is 0 Å². The van der Waals surface area contributed by atoms with Gasteiger partial charge in [-0.1, -0.05) is 36.6 Å². The molecule has 0 fully saturated rings. The summed E-state index contributed by atoms with van der Waals surface area (Å²) in [4.78, 5) is 23.8. The summed E-state index contributed by atoms with van der Waals surface area (Å²) in [5.41, 5.74) is 0.685. The second-order valence-corrected chi connectivity index (χ2v) is 8.91. The number of halogens is 1. The van der Waals surface area contributed by atoms with Gasteiger partial charge in [-0.05, 0) is 49.2 Å². The number of esters is 1. The van der Waals surface area contributed by atoms with E-state index in [4.69, 9.17) is 11.6 Å². The standard InChI is InChI=1S/C21H23ClO5S/c1-27-21(24)18-8-5-6-10-20(18)28(25,26)15-7-3-2-4-9-19(23)16-11-13-17(22)14-12-16/h5-6,8,10-14H,2-4,7,9,15H2,1H3. The molecule has 2 aromatic carbocycles. The predicted molar refractivity (Wildman–Crippen MR) is 109 cm³/mol. The summed E-state index contributed by atoms with van der Waals surface area (Å²) < 4.78 is 29.8. The van der Waals surface area contributed by atoms with E-state index in [1.165, 1.54) is 19.2 Å². The summed E-state index contributed by atoms with van der Waals surface area (Å²) in [5.74, 6) is -0.664. The molecule has 0 amide bonds. The van der Waals surface area contributed by atoms with E-state index in [-0.39, 0.29) is 22.0 Å². The average molecular weight is 423 g/mol. The number of sulfone groups is 1. The third kappa shape index (κ3) is 6.17. The van der Waals surface area contributed by atoms with Gasteiger partial charge in [0.2, 0.25) is 0 Å². The Bertz CT molecular complexity index is 920. The van der Waals surface area contributed by atoms with Crippen molar-refractivity contribution < 1.29 is 22.7 Å². The van der Waals surface area contributed by atoms with E-state index in [9.17, 15) is 18.0 Å². The van der Waals surface area contributed by atoms with Crippen molar-refractivity contribution in [1.82, 2.24) is 0 Å². The highest BCUT2D eigenvalue weighted by atomic mass is 35.5. The first-order valence-electron chi connectivity index (χ1n) is 9.04. The molecule has 2 rings (SSSR count). The molecule has 0 aliphatic heterocycles. The summed E-state index contributed by atoms with van der Waals surface area (Å²) in [6, 6.07) is 12.8. The van der Waals surface area contributed by atoms with Crippen LogP contribution in [-0.2, 0) is 14.6 Å². The largest absolute Gasteiger partial charge is 0.465 e. The number of hydrogen-bond acceptors (Lipinski definition) is 5. The van der Waals surface area contributed by atoms with E-state index in [0.717, 1.165) is 6.42 Å². The van der Waals surface area contributed by atoms with Gasteiger partial charge in [-0.2, -0.15) is 0 Å². The molecule has 0 aliphatic rings. The fourth-order valence-electron chi connectivity index (χ4n) is 2.84. The molecule has 0 saturated heterocycles. The summed E-state index contributed by atoms with van der Waals surface area (Å²) in [7, 11) is -2.36. The summed E-state index contributed by atoms with van der Waals surface area (Å²) in [6.07, 6.45) is 3.02. The van der Waals surface area contributed by atoms with Crippen molar-refractivity contribution in [3.63, 3.8) is 0 Å². The molecule has 0 unspecified atom stereocenters. The van der Waals surface area contributed by atoms with E-state index < -0.39 is 15.8 Å². The van der Waals surface area contributed by atoms with Crippen molar-refractivity contribution in [2.75, 3.05) is 12.9 Å². The molecule has 5 nitrogen and oxygen atoms in total. The Kier molecular flexibility index (Phi) is 8.20. The smallest absolute Gasteiger partial charge is 0.339 e. The molecular formula is C21H23ClO5S. The van der Waals surface area contributed by atoms with Gasteiger partial charge < -0.3 is 4.74 Å². The number of methoxy groups -OCH3 is 1. The lowest BCUT2D eigenvalue weighted by Gasteiger charge is -2.09. The molecule has 0 saturated carbocycles. The highest BCUT2D eigenvalue weighted by molar-refractivity contribution is 7.91. The Morgan fingerprint density at radius 2 is 1.57 bits per heavy atom. The van der Waals surface area contributed by atoms with Gasteiger partial charge >= 0.3 is 5.97 Å². The lowest BCUT2D eigenvalue weighted by Crippen LogP contribution is -2.13. The zero-order chi connectivity index (χ0) is 20.6. The Labute approximate surface area is 170 Å². The quantitative estimate of drug-likeness (QED) is 0.314. The van der Waals surface area contributed by atoms with Crippen LogP contribution in [0, 0.1) is 0 Å². The molecule has 28 heavy (non-hydrogen) atoms. The van der Waals surface area contributed by atoms with Gasteiger partial charge in [0.25, 0.3) is 0 Å². The number of carbonyl (C=O) groups is 2. The van der Waals surface area contributed by atoms with Gasteiger partial charge in [0.1, 0.15) is 0 Å². The number of rotatable bonds is 10. The van der Waals surface area contributed by atoms with Crippen LogP contribution in [-0.4, -0.2) is 33.0 Å². The first-order chi connectivity index (χ1) is 13.3. The maximum absolute atomic E-state index is 12.6. The van der Waals surface area contributed by atoms with Crippen molar-refractivity contribution in [2.24, 2.45) is 0 Å². The Morgan fingerprint density at radius 1 is 0.929 bits per heavy atom. The zero-order valence-corrected chi connectivity index (χ0v) is 17.3. The van der Waals surface area contributed by atoms with Gasteiger partial charge in [-0.3, -0.25) is 4.79 Å². The first-order valence-corrected chi connectivity index (χ1v) is 11.1. The van der Waals surface area contributed by atoms with Crippen molar-refractivity contribution in [2.45, 2.75) is 37.0 Å². The molecule has 0 aliphatic carbocycles. The van der Waals surface area contributed by atoms with Crippen molar-refractivity contribution in [1.29, 1.82) is 0 Å². The highest BCUT2D eigenvalue weighted by Gasteiger charge is 2.22. The maximum Gasteiger partial charge on any atom is 0.339 e. The number of unbranched alkanes of at least 4 members (excludes halogenated alkanes) is 3. The van der Waals surface area contributed by atoms with E-state index in [1.807, 2.05) is 0 Å². The Balaban J connectivity index is 1.79. The molecule has 0 aromatic heterocycles. The van der Waals surface area contributed by atoms with Crippen LogP contribution in [0.25, 0.3) is 0 Å². The van der Waals surface area contributed by atoms with Gasteiger partial charge in [0.05, 0.1) is 23.3 Å². The average Bonchev–Trinajstić information content (AvgIpc) is 2.70. The molecule has 0 atom stereocenters. The van der Waals surface area contributed by atoms with Gasteiger partial charge in [0.15, 0.2) is 15.6 Å². The van der Waals surface area contributed by atoms with Crippen LogP contribution < -0.4 is 0 Å².